The van der Waals surface area contributed by atoms with Crippen LogP contribution in [0.15, 0.2) is 23.1 Å². The summed E-state index contributed by atoms with van der Waals surface area (Å²) in [6.07, 6.45) is 1.40. The number of phenols is 1. The summed E-state index contributed by atoms with van der Waals surface area (Å²) in [6.45, 7) is 3.67. The van der Waals surface area contributed by atoms with Gasteiger partial charge in [-0.2, -0.15) is 0 Å². The summed E-state index contributed by atoms with van der Waals surface area (Å²) in [5.41, 5.74) is 0.639. The molecule has 150 valence electrons. The van der Waals surface area contributed by atoms with Crippen molar-refractivity contribution in [2.24, 2.45) is 0 Å². The highest BCUT2D eigenvalue weighted by molar-refractivity contribution is 8.26. The number of nitrogens with one attached hydrogen (secondary N) is 1. The molecular formula is C18H20N2O6S2. The number of carbonyl (C=O) groups excluding carboxylic acids is 2. The Morgan fingerprint density at radius 2 is 2.14 bits per heavy atom. The Balaban J connectivity index is 2.14. The van der Waals surface area contributed by atoms with Gasteiger partial charge >= 0.3 is 5.97 Å². The lowest BCUT2D eigenvalue weighted by Gasteiger charge is -2.22. The smallest absolute Gasteiger partial charge is 0.305 e. The van der Waals surface area contributed by atoms with Crippen LogP contribution in [0.3, 0.4) is 0 Å². The van der Waals surface area contributed by atoms with Gasteiger partial charge < -0.3 is 20.3 Å². The number of rotatable bonds is 8. The molecule has 0 bridgehead atoms. The summed E-state index contributed by atoms with van der Waals surface area (Å²) in [7, 11) is 0. The predicted molar refractivity (Wildman–Crippen MR) is 109 cm³/mol. The van der Waals surface area contributed by atoms with E-state index in [0.717, 1.165) is 11.8 Å². The summed E-state index contributed by atoms with van der Waals surface area (Å²) in [4.78, 5) is 37.0. The second kappa shape index (κ2) is 9.56. The van der Waals surface area contributed by atoms with Crippen molar-refractivity contribution in [2.75, 3.05) is 13.2 Å². The van der Waals surface area contributed by atoms with Gasteiger partial charge in [0, 0.05) is 6.54 Å². The Morgan fingerprint density at radius 3 is 2.79 bits per heavy atom. The van der Waals surface area contributed by atoms with Crippen LogP contribution in [-0.2, 0) is 14.4 Å². The Kier molecular flexibility index (Phi) is 7.41. The van der Waals surface area contributed by atoms with Gasteiger partial charge in [-0.05, 0) is 37.6 Å². The Bertz CT molecular complexity index is 839. The lowest BCUT2D eigenvalue weighted by molar-refractivity contribution is -0.137. The molecule has 1 saturated heterocycles. The molecule has 1 aliphatic rings. The predicted octanol–water partition coefficient (Wildman–Crippen LogP) is 1.97. The third-order valence-electron chi connectivity index (χ3n) is 3.81. The molecule has 28 heavy (non-hydrogen) atoms. The number of phenolic OH excluding ortho intramolecular Hbond substituents is 1. The number of hydrogen-bond donors (Lipinski definition) is 3. The number of aliphatic carboxylic acids is 1. The highest BCUT2D eigenvalue weighted by Crippen LogP contribution is 2.35. The molecule has 1 fully saturated rings. The van der Waals surface area contributed by atoms with Crippen molar-refractivity contribution in [3.8, 4) is 11.5 Å². The normalized spacial score (nSPS) is 16.4. The zero-order valence-corrected chi connectivity index (χ0v) is 16.9. The van der Waals surface area contributed by atoms with Crippen LogP contribution >= 0.6 is 24.0 Å². The van der Waals surface area contributed by atoms with Gasteiger partial charge in [0.2, 0.25) is 5.91 Å². The molecule has 0 aromatic heterocycles. The van der Waals surface area contributed by atoms with Gasteiger partial charge in [0.1, 0.15) is 10.4 Å². The summed E-state index contributed by atoms with van der Waals surface area (Å²) in [5, 5.41) is 20.9. The van der Waals surface area contributed by atoms with E-state index in [1.54, 1.807) is 25.1 Å². The van der Waals surface area contributed by atoms with Gasteiger partial charge in [-0.15, -0.1) is 0 Å². The van der Waals surface area contributed by atoms with Gasteiger partial charge in [-0.3, -0.25) is 19.3 Å². The maximum atomic E-state index is 12.7. The minimum absolute atomic E-state index is 0.00166. The van der Waals surface area contributed by atoms with E-state index >= 15 is 0 Å². The maximum absolute atomic E-state index is 12.7. The third-order valence-corrected chi connectivity index (χ3v) is 5.14. The van der Waals surface area contributed by atoms with Crippen LogP contribution < -0.4 is 10.1 Å². The van der Waals surface area contributed by atoms with Crippen molar-refractivity contribution in [1.29, 1.82) is 0 Å². The summed E-state index contributed by atoms with van der Waals surface area (Å²) in [6, 6.07) is 3.83. The van der Waals surface area contributed by atoms with Crippen molar-refractivity contribution in [2.45, 2.75) is 26.3 Å². The number of ether oxygens (including phenoxy) is 1. The van der Waals surface area contributed by atoms with E-state index in [9.17, 15) is 19.5 Å². The van der Waals surface area contributed by atoms with Crippen molar-refractivity contribution in [3.05, 3.63) is 28.7 Å². The van der Waals surface area contributed by atoms with E-state index in [4.69, 9.17) is 22.1 Å². The molecule has 1 aromatic rings. The minimum Gasteiger partial charge on any atom is -0.504 e. The van der Waals surface area contributed by atoms with Crippen LogP contribution in [-0.4, -0.2) is 56.4 Å². The number of amides is 2. The van der Waals surface area contributed by atoms with Crippen molar-refractivity contribution in [1.82, 2.24) is 10.2 Å². The molecule has 0 spiro atoms. The second-order valence-electron chi connectivity index (χ2n) is 5.82. The molecule has 1 aliphatic heterocycles. The topological polar surface area (TPSA) is 116 Å². The summed E-state index contributed by atoms with van der Waals surface area (Å²) < 4.78 is 5.57. The van der Waals surface area contributed by atoms with Gasteiger partial charge in [-0.25, -0.2) is 0 Å². The third kappa shape index (κ3) is 5.23. The first-order valence-electron chi connectivity index (χ1n) is 8.47. The molecule has 1 aromatic carbocycles. The van der Waals surface area contributed by atoms with E-state index in [1.807, 2.05) is 0 Å². The van der Waals surface area contributed by atoms with Crippen LogP contribution in [0.4, 0.5) is 0 Å². The first kappa shape index (κ1) is 21.7. The van der Waals surface area contributed by atoms with E-state index in [-0.39, 0.29) is 23.0 Å². The molecule has 0 saturated carbocycles. The average molecular weight is 425 g/mol. The van der Waals surface area contributed by atoms with Crippen LogP contribution in [0.2, 0.25) is 0 Å². The number of carbonyl (C=O) groups is 3. The quantitative estimate of drug-likeness (QED) is 0.428. The molecular weight excluding hydrogens is 404 g/mol. The monoisotopic (exact) mass is 424 g/mol. The van der Waals surface area contributed by atoms with Crippen molar-refractivity contribution in [3.63, 3.8) is 0 Å². The van der Waals surface area contributed by atoms with Gasteiger partial charge in [0.05, 0.1) is 17.9 Å². The number of benzene rings is 1. The molecule has 8 nitrogen and oxygen atoms in total. The number of hydrogen-bond acceptors (Lipinski definition) is 7. The highest BCUT2D eigenvalue weighted by atomic mass is 32.2. The molecule has 0 radical (unpaired) electrons. The molecule has 1 atom stereocenters. The molecule has 2 amide bonds. The Morgan fingerprint density at radius 1 is 1.43 bits per heavy atom. The lowest BCUT2D eigenvalue weighted by Crippen LogP contribution is -2.47. The largest absolute Gasteiger partial charge is 0.504 e. The van der Waals surface area contributed by atoms with E-state index in [2.05, 4.69) is 5.32 Å². The molecule has 1 unspecified atom stereocenters. The van der Waals surface area contributed by atoms with Crippen LogP contribution in [0.5, 0.6) is 11.5 Å². The van der Waals surface area contributed by atoms with E-state index in [1.165, 1.54) is 17.9 Å². The summed E-state index contributed by atoms with van der Waals surface area (Å²) in [5.74, 6) is -1.62. The maximum Gasteiger partial charge on any atom is 0.305 e. The van der Waals surface area contributed by atoms with Gasteiger partial charge in [-0.1, -0.05) is 30.0 Å². The van der Waals surface area contributed by atoms with E-state index < -0.39 is 23.8 Å². The zero-order chi connectivity index (χ0) is 20.8. The van der Waals surface area contributed by atoms with Crippen LogP contribution in [0, 0.1) is 0 Å². The first-order chi connectivity index (χ1) is 13.2. The van der Waals surface area contributed by atoms with Gasteiger partial charge in [0.15, 0.2) is 11.5 Å². The number of thioether (sulfide) groups is 1. The van der Waals surface area contributed by atoms with Crippen LogP contribution in [0.25, 0.3) is 6.08 Å². The molecule has 2 rings (SSSR count). The first-order valence-corrected chi connectivity index (χ1v) is 9.69. The molecule has 1 heterocycles. The number of carboxylic acid groups (broad SMARTS) is 1. The Labute approximate surface area is 171 Å². The summed E-state index contributed by atoms with van der Waals surface area (Å²) >= 11 is 6.30. The second-order valence-corrected chi connectivity index (χ2v) is 7.50. The van der Waals surface area contributed by atoms with Crippen molar-refractivity contribution < 1.29 is 29.3 Å². The number of carboxylic acids is 1. The van der Waals surface area contributed by atoms with Gasteiger partial charge in [0.25, 0.3) is 5.91 Å². The van der Waals surface area contributed by atoms with Crippen molar-refractivity contribution >= 4 is 52.2 Å². The van der Waals surface area contributed by atoms with E-state index in [0.29, 0.717) is 22.8 Å². The highest BCUT2D eigenvalue weighted by Gasteiger charge is 2.38. The molecule has 10 heteroatoms. The SMILES string of the molecule is CCOc1cc(/C=C2\SC(=S)N(C(C)C(=O)NCCC(=O)O)C2=O)ccc1O. The average Bonchev–Trinajstić information content (AvgIpc) is 2.90. The fraction of sp³-hybridized carbons (Fsp3) is 0.333. The molecule has 3 N–H and O–H groups in total. The minimum atomic E-state index is -1.03. The number of thiocarbonyl (C=S) groups is 1. The number of aromatic hydroxyl groups is 1. The number of nitrogens with zero attached hydrogens (tertiary/aromatic N) is 1. The Hall–Kier alpha value is -2.59. The lowest BCUT2D eigenvalue weighted by atomic mass is 10.1. The van der Waals surface area contributed by atoms with Crippen LogP contribution in [0.1, 0.15) is 25.8 Å². The molecule has 0 aliphatic carbocycles. The zero-order valence-electron chi connectivity index (χ0n) is 15.3. The fourth-order valence-electron chi connectivity index (χ4n) is 2.41. The fourth-order valence-corrected chi connectivity index (χ4v) is 3.83. The standard InChI is InChI=1S/C18H20N2O6S2/c1-3-26-13-8-11(4-5-12(13)21)9-14-17(25)20(18(27)28-14)10(2)16(24)19-7-6-15(22)23/h4-5,8-10,21H,3,6-7H2,1-2H3,(H,19,24)(H,22,23)/b14-9-.